The molecule has 0 saturated heterocycles. The van der Waals surface area contributed by atoms with Gasteiger partial charge in [-0.2, -0.15) is 0 Å². The number of aliphatic hydroxyl groups is 2. The van der Waals surface area contributed by atoms with Crippen LogP contribution in [0.3, 0.4) is 0 Å². The van der Waals surface area contributed by atoms with E-state index in [-0.39, 0.29) is 24.9 Å². The second-order valence-corrected chi connectivity index (χ2v) is 20.5. The first kappa shape index (κ1) is 67.3. The van der Waals surface area contributed by atoms with Gasteiger partial charge >= 0.3 is 5.97 Å². The summed E-state index contributed by atoms with van der Waals surface area (Å²) in [5.41, 5.74) is 0. The maximum absolute atomic E-state index is 13.3. The van der Waals surface area contributed by atoms with Crippen LogP contribution in [0.15, 0.2) is 72.9 Å². The Kier molecular flexibility index (Phi) is 55.0. The lowest BCUT2D eigenvalue weighted by atomic mass is 10.0. The van der Waals surface area contributed by atoms with Crippen LogP contribution in [-0.2, 0) is 14.3 Å². The highest BCUT2D eigenvalue weighted by Crippen LogP contribution is 2.18. The number of hydrogen-bond acceptors (Lipinski definition) is 5. The molecule has 0 fully saturated rings. The van der Waals surface area contributed by atoms with E-state index in [1.165, 1.54) is 161 Å². The summed E-state index contributed by atoms with van der Waals surface area (Å²) in [5.74, 6) is -0.524. The normalized spacial score (nSPS) is 13.6. The Bertz CT molecular complexity index is 1280. The van der Waals surface area contributed by atoms with Crippen molar-refractivity contribution >= 4 is 11.9 Å². The van der Waals surface area contributed by atoms with E-state index in [1.54, 1.807) is 0 Å². The predicted molar refractivity (Wildman–Crippen MR) is 305 cm³/mol. The van der Waals surface area contributed by atoms with E-state index in [4.69, 9.17) is 4.74 Å². The zero-order valence-electron chi connectivity index (χ0n) is 46.4. The topological polar surface area (TPSA) is 95.9 Å². The second kappa shape index (κ2) is 57.2. The maximum atomic E-state index is 13.3. The molecule has 0 aromatic carbocycles. The van der Waals surface area contributed by atoms with Crippen LogP contribution in [0.5, 0.6) is 0 Å². The smallest absolute Gasteiger partial charge is 0.306 e. The lowest BCUT2D eigenvalue weighted by molar-refractivity contribution is -0.151. The van der Waals surface area contributed by atoms with Crippen molar-refractivity contribution in [3.05, 3.63) is 72.9 Å². The molecule has 0 aromatic rings. The summed E-state index contributed by atoms with van der Waals surface area (Å²) in [6.45, 7) is 6.47. The maximum Gasteiger partial charge on any atom is 0.306 e. The number of nitrogens with one attached hydrogen (secondary N) is 1. The van der Waals surface area contributed by atoms with E-state index in [0.29, 0.717) is 19.3 Å². The van der Waals surface area contributed by atoms with Gasteiger partial charge in [0.05, 0.1) is 25.2 Å². The third-order valence-electron chi connectivity index (χ3n) is 13.6. The van der Waals surface area contributed by atoms with Gasteiger partial charge in [0.25, 0.3) is 0 Å². The average Bonchev–Trinajstić information content (AvgIpc) is 3.35. The van der Waals surface area contributed by atoms with Crippen LogP contribution in [0.2, 0.25) is 0 Å². The van der Waals surface area contributed by atoms with Crippen molar-refractivity contribution < 1.29 is 24.5 Å². The van der Waals surface area contributed by atoms with Crippen molar-refractivity contribution in [1.29, 1.82) is 0 Å². The fourth-order valence-corrected chi connectivity index (χ4v) is 9.02. The number of aliphatic hydroxyl groups excluding tert-OH is 2. The largest absolute Gasteiger partial charge is 0.462 e. The number of rotatable bonds is 54. The average molecular weight is 979 g/mol. The summed E-state index contributed by atoms with van der Waals surface area (Å²) in [6, 6.07) is -0.722. The molecule has 0 aliphatic carbocycles. The molecule has 3 N–H and O–H groups in total. The van der Waals surface area contributed by atoms with E-state index >= 15 is 0 Å². The molecule has 0 heterocycles. The number of hydrogen-bond donors (Lipinski definition) is 3. The lowest BCUT2D eigenvalue weighted by Gasteiger charge is -2.24. The number of esters is 1. The minimum atomic E-state index is -0.805. The van der Waals surface area contributed by atoms with Crippen molar-refractivity contribution in [1.82, 2.24) is 5.32 Å². The van der Waals surface area contributed by atoms with E-state index < -0.39 is 18.2 Å². The van der Waals surface area contributed by atoms with Gasteiger partial charge in [-0.3, -0.25) is 9.59 Å². The molecule has 70 heavy (non-hydrogen) atoms. The van der Waals surface area contributed by atoms with Crippen molar-refractivity contribution in [2.45, 2.75) is 315 Å². The Morgan fingerprint density at radius 2 is 0.729 bits per heavy atom. The van der Waals surface area contributed by atoms with Crippen LogP contribution in [-0.4, -0.2) is 46.9 Å². The van der Waals surface area contributed by atoms with E-state index in [1.807, 2.05) is 0 Å². The predicted octanol–water partition coefficient (Wildman–Crippen LogP) is 18.9. The monoisotopic (exact) mass is 978 g/mol. The van der Waals surface area contributed by atoms with Crippen molar-refractivity contribution in [2.75, 3.05) is 6.61 Å². The highest BCUT2D eigenvalue weighted by atomic mass is 16.5. The zero-order valence-corrected chi connectivity index (χ0v) is 46.4. The highest BCUT2D eigenvalue weighted by molar-refractivity contribution is 5.77. The van der Waals surface area contributed by atoms with Crippen LogP contribution in [0.4, 0.5) is 0 Å². The Morgan fingerprint density at radius 3 is 1.10 bits per heavy atom. The zero-order chi connectivity index (χ0) is 50.9. The fraction of sp³-hybridized carbons (Fsp3) is 0.781. The van der Waals surface area contributed by atoms with Crippen LogP contribution >= 0.6 is 0 Å². The summed E-state index contributed by atoms with van der Waals surface area (Å²) in [7, 11) is 0. The van der Waals surface area contributed by atoms with Crippen LogP contribution < -0.4 is 5.32 Å². The summed E-state index contributed by atoms with van der Waals surface area (Å²) in [6.07, 6.45) is 73.9. The van der Waals surface area contributed by atoms with E-state index in [9.17, 15) is 19.8 Å². The van der Waals surface area contributed by atoms with Crippen molar-refractivity contribution in [3.8, 4) is 0 Å². The fourth-order valence-electron chi connectivity index (χ4n) is 9.02. The van der Waals surface area contributed by atoms with Gasteiger partial charge in [0, 0.05) is 6.42 Å². The van der Waals surface area contributed by atoms with Crippen LogP contribution in [0, 0.1) is 0 Å². The first-order valence-electron chi connectivity index (χ1n) is 30.2. The molecule has 1 amide bonds. The number of ether oxygens (including phenoxy) is 1. The number of allylic oxidation sites excluding steroid dienone is 12. The molecular weight excluding hydrogens is 863 g/mol. The Morgan fingerprint density at radius 1 is 0.414 bits per heavy atom. The van der Waals surface area contributed by atoms with Gasteiger partial charge in [0.15, 0.2) is 0 Å². The molecule has 6 heteroatoms. The molecular formula is C64H115NO5. The second-order valence-electron chi connectivity index (χ2n) is 20.5. The molecule has 0 radical (unpaired) electrons. The standard InChI is InChI=1S/C64H115NO5/c1-4-7-10-13-16-19-22-25-28-31-33-36-39-42-45-48-51-54-57-64(69)70-60(55-52-49-46-43-40-37-34-30-27-24-21-18-15-12-9-6-3)58-63(68)65-61(59-66)62(67)56-53-50-47-44-41-38-35-32-29-26-23-20-17-14-11-8-5-2/h22,24-25,27-28,30-31,33-34,36-37,40,60-62,66-67H,4-21,23,26,29,32,35,38-39,41-59H2,1-3H3,(H,65,68)/b25-22+,27-24+,31-28+,34-30+,36-33+,40-37+. The van der Waals surface area contributed by atoms with Crippen molar-refractivity contribution in [2.24, 2.45) is 0 Å². The molecule has 6 nitrogen and oxygen atoms in total. The number of amides is 1. The molecule has 0 aromatic heterocycles. The van der Waals surface area contributed by atoms with Gasteiger partial charge in [0.1, 0.15) is 6.10 Å². The third-order valence-corrected chi connectivity index (χ3v) is 13.6. The highest BCUT2D eigenvalue weighted by Gasteiger charge is 2.24. The molecule has 0 aliphatic heterocycles. The molecule has 0 spiro atoms. The minimum Gasteiger partial charge on any atom is -0.462 e. The molecule has 3 atom stereocenters. The molecule has 0 rings (SSSR count). The summed E-state index contributed by atoms with van der Waals surface area (Å²) in [4.78, 5) is 26.3. The van der Waals surface area contributed by atoms with Gasteiger partial charge in [-0.05, 0) is 77.0 Å². The van der Waals surface area contributed by atoms with E-state index in [2.05, 4.69) is 99.0 Å². The van der Waals surface area contributed by atoms with Gasteiger partial charge in [-0.25, -0.2) is 0 Å². The minimum absolute atomic E-state index is 0.0448. The first-order valence-corrected chi connectivity index (χ1v) is 30.2. The number of carbonyl (C=O) groups is 2. The summed E-state index contributed by atoms with van der Waals surface area (Å²) < 4.78 is 5.95. The Hall–Kier alpha value is -2.70. The van der Waals surface area contributed by atoms with Gasteiger partial charge in [0.2, 0.25) is 5.91 Å². The molecule has 3 unspecified atom stereocenters. The molecule has 0 aliphatic rings. The van der Waals surface area contributed by atoms with Gasteiger partial charge in [-0.1, -0.05) is 280 Å². The summed E-state index contributed by atoms with van der Waals surface area (Å²) >= 11 is 0. The first-order chi connectivity index (χ1) is 34.5. The lowest BCUT2D eigenvalue weighted by Crippen LogP contribution is -2.46. The quantitative estimate of drug-likeness (QED) is 0.0321. The number of unbranched alkanes of at least 4 members (excludes halogenated alkanes) is 34. The summed E-state index contributed by atoms with van der Waals surface area (Å²) in [5, 5.41) is 23.9. The molecule has 0 saturated carbocycles. The van der Waals surface area contributed by atoms with Crippen LogP contribution in [0.1, 0.15) is 297 Å². The third kappa shape index (κ3) is 51.6. The van der Waals surface area contributed by atoms with Crippen molar-refractivity contribution in [3.63, 3.8) is 0 Å². The SMILES string of the molecule is CCCCCCC/C=C/C=C/C=C/CCCCCCCC(=O)OC(CCCCC/C=C/C=C/C=C/CCCCCCC)CC(=O)NC(CO)C(O)CCCCCCCCCCCCCCCCCCC. The Balaban J connectivity index is 4.64. The number of carbonyl (C=O) groups excluding carboxylic acids is 2. The Labute approximate surface area is 434 Å². The van der Waals surface area contributed by atoms with Gasteiger partial charge < -0.3 is 20.3 Å². The van der Waals surface area contributed by atoms with Crippen LogP contribution in [0.25, 0.3) is 0 Å². The van der Waals surface area contributed by atoms with Gasteiger partial charge in [-0.15, -0.1) is 0 Å². The molecule has 0 bridgehead atoms. The molecule has 406 valence electrons. The van der Waals surface area contributed by atoms with E-state index in [0.717, 1.165) is 89.9 Å².